The van der Waals surface area contributed by atoms with Gasteiger partial charge in [-0.05, 0) is 58.2 Å². The number of benzene rings is 1. The van der Waals surface area contributed by atoms with E-state index in [0.717, 1.165) is 26.2 Å². The summed E-state index contributed by atoms with van der Waals surface area (Å²) in [4.78, 5) is 2.45. The van der Waals surface area contributed by atoms with Crippen LogP contribution in [0.15, 0.2) is 24.3 Å². The van der Waals surface area contributed by atoms with E-state index in [-0.39, 0.29) is 5.54 Å². The first-order chi connectivity index (χ1) is 9.98. The number of piperidine rings is 1. The van der Waals surface area contributed by atoms with Crippen LogP contribution in [-0.2, 0) is 11.3 Å². The highest BCUT2D eigenvalue weighted by molar-refractivity contribution is 5.48. The zero-order valence-electron chi connectivity index (χ0n) is 14.0. The maximum Gasteiger partial charge on any atom is 0.0750 e. The minimum atomic E-state index is 0.163. The van der Waals surface area contributed by atoms with Crippen molar-refractivity contribution in [3.63, 3.8) is 0 Å². The van der Waals surface area contributed by atoms with Crippen LogP contribution in [0.25, 0.3) is 0 Å². The lowest BCUT2D eigenvalue weighted by molar-refractivity contribution is 0.0527. The van der Waals surface area contributed by atoms with Crippen molar-refractivity contribution in [3.05, 3.63) is 29.8 Å². The van der Waals surface area contributed by atoms with Crippen LogP contribution in [0, 0.1) is 0 Å². The van der Waals surface area contributed by atoms with E-state index in [1.807, 2.05) is 0 Å². The summed E-state index contributed by atoms with van der Waals surface area (Å²) in [5, 5.41) is 3.53. The van der Waals surface area contributed by atoms with Gasteiger partial charge in [-0.3, -0.25) is 0 Å². The minimum absolute atomic E-state index is 0.163. The Kier molecular flexibility index (Phi) is 5.65. The third-order valence-corrected chi connectivity index (χ3v) is 3.90. The molecule has 21 heavy (non-hydrogen) atoms. The second-order valence-electron chi connectivity index (χ2n) is 6.94. The normalized spacial score (nSPS) is 19.8. The first-order valence-electron chi connectivity index (χ1n) is 8.18. The molecule has 1 aliphatic rings. The van der Waals surface area contributed by atoms with Gasteiger partial charge in [0.25, 0.3) is 0 Å². The second kappa shape index (κ2) is 7.28. The molecule has 2 rings (SSSR count). The lowest BCUT2D eigenvalue weighted by Crippen LogP contribution is -2.39. The summed E-state index contributed by atoms with van der Waals surface area (Å²) >= 11 is 0. The third-order valence-electron chi connectivity index (χ3n) is 3.90. The summed E-state index contributed by atoms with van der Waals surface area (Å²) in [6.45, 7) is 12.6. The third kappa shape index (κ3) is 5.33. The van der Waals surface area contributed by atoms with Gasteiger partial charge in [0.1, 0.15) is 0 Å². The Morgan fingerprint density at radius 1 is 1.24 bits per heavy atom. The number of rotatable bonds is 5. The molecule has 0 radical (unpaired) electrons. The number of nitrogens with one attached hydrogen (secondary N) is 1. The van der Waals surface area contributed by atoms with Crippen LogP contribution in [0.3, 0.4) is 0 Å². The molecular formula is C18H30N2O. The van der Waals surface area contributed by atoms with Crippen LogP contribution in [-0.4, -0.2) is 31.3 Å². The number of anilines is 1. The fourth-order valence-corrected chi connectivity index (χ4v) is 2.74. The largest absolute Gasteiger partial charge is 0.377 e. The molecule has 118 valence electrons. The Hall–Kier alpha value is -1.06. The Labute approximate surface area is 129 Å². The molecule has 0 saturated carbocycles. The molecule has 0 aliphatic carbocycles. The maximum atomic E-state index is 5.78. The molecule has 1 N–H and O–H groups in total. The van der Waals surface area contributed by atoms with Gasteiger partial charge in [0.15, 0.2) is 0 Å². The molecule has 1 heterocycles. The van der Waals surface area contributed by atoms with E-state index in [0.29, 0.717) is 6.10 Å². The SMILES string of the molecule is CCOC1CCCN(c2ccc(CNC(C)(C)C)cc2)C1. The second-order valence-corrected chi connectivity index (χ2v) is 6.94. The fraction of sp³-hybridized carbons (Fsp3) is 0.667. The predicted molar refractivity (Wildman–Crippen MR) is 89.9 cm³/mol. The van der Waals surface area contributed by atoms with Crippen molar-refractivity contribution in [3.8, 4) is 0 Å². The first-order valence-corrected chi connectivity index (χ1v) is 8.18. The molecule has 1 saturated heterocycles. The van der Waals surface area contributed by atoms with Gasteiger partial charge < -0.3 is 15.0 Å². The molecule has 3 heteroatoms. The summed E-state index contributed by atoms with van der Waals surface area (Å²) in [5.74, 6) is 0. The topological polar surface area (TPSA) is 24.5 Å². The molecule has 1 atom stereocenters. The quantitative estimate of drug-likeness (QED) is 0.897. The first kappa shape index (κ1) is 16.3. The zero-order valence-corrected chi connectivity index (χ0v) is 14.0. The van der Waals surface area contributed by atoms with E-state index in [9.17, 15) is 0 Å². The standard InChI is InChI=1S/C18H30N2O/c1-5-21-17-7-6-12-20(14-17)16-10-8-15(9-11-16)13-19-18(2,3)4/h8-11,17,19H,5-7,12-14H2,1-4H3. The van der Waals surface area contributed by atoms with Gasteiger partial charge in [-0.1, -0.05) is 12.1 Å². The molecule has 1 unspecified atom stereocenters. The summed E-state index contributed by atoms with van der Waals surface area (Å²) in [6.07, 6.45) is 2.81. The van der Waals surface area contributed by atoms with Crippen molar-refractivity contribution in [1.29, 1.82) is 0 Å². The molecule has 0 spiro atoms. The molecular weight excluding hydrogens is 260 g/mol. The molecule has 3 nitrogen and oxygen atoms in total. The van der Waals surface area contributed by atoms with Crippen LogP contribution in [0.2, 0.25) is 0 Å². The number of hydrogen-bond donors (Lipinski definition) is 1. The van der Waals surface area contributed by atoms with Gasteiger partial charge in [0.05, 0.1) is 6.10 Å². The Bertz CT molecular complexity index is 420. The Morgan fingerprint density at radius 3 is 2.57 bits per heavy atom. The summed E-state index contributed by atoms with van der Waals surface area (Å²) < 4.78 is 5.78. The summed E-state index contributed by atoms with van der Waals surface area (Å²) in [5.41, 5.74) is 2.82. The van der Waals surface area contributed by atoms with Crippen molar-refractivity contribution in [2.75, 3.05) is 24.6 Å². The van der Waals surface area contributed by atoms with E-state index in [1.54, 1.807) is 0 Å². The Balaban J connectivity index is 1.92. The average Bonchev–Trinajstić information content (AvgIpc) is 2.46. The van der Waals surface area contributed by atoms with Crippen LogP contribution in [0.5, 0.6) is 0 Å². The number of hydrogen-bond acceptors (Lipinski definition) is 3. The zero-order chi connectivity index (χ0) is 15.3. The predicted octanol–water partition coefficient (Wildman–Crippen LogP) is 3.58. The van der Waals surface area contributed by atoms with E-state index in [1.165, 1.54) is 24.1 Å². The van der Waals surface area contributed by atoms with Crippen molar-refractivity contribution < 1.29 is 4.74 Å². The van der Waals surface area contributed by atoms with Gasteiger partial charge in [-0.15, -0.1) is 0 Å². The van der Waals surface area contributed by atoms with Crippen LogP contribution in [0.4, 0.5) is 5.69 Å². The molecule has 1 aromatic carbocycles. The molecule has 0 aromatic heterocycles. The monoisotopic (exact) mass is 290 g/mol. The van der Waals surface area contributed by atoms with Crippen molar-refractivity contribution in [2.24, 2.45) is 0 Å². The van der Waals surface area contributed by atoms with Crippen molar-refractivity contribution in [1.82, 2.24) is 5.32 Å². The number of ether oxygens (including phenoxy) is 1. The van der Waals surface area contributed by atoms with Gasteiger partial charge in [-0.25, -0.2) is 0 Å². The van der Waals surface area contributed by atoms with Crippen molar-refractivity contribution >= 4 is 5.69 Å². The van der Waals surface area contributed by atoms with Crippen LogP contribution < -0.4 is 10.2 Å². The van der Waals surface area contributed by atoms with E-state index >= 15 is 0 Å². The van der Waals surface area contributed by atoms with Crippen LogP contribution in [0.1, 0.15) is 46.1 Å². The minimum Gasteiger partial charge on any atom is -0.377 e. The fourth-order valence-electron chi connectivity index (χ4n) is 2.74. The molecule has 0 amide bonds. The van der Waals surface area contributed by atoms with Gasteiger partial charge in [0, 0.05) is 37.5 Å². The molecule has 1 fully saturated rings. The lowest BCUT2D eigenvalue weighted by atomic mass is 10.1. The Morgan fingerprint density at radius 2 is 1.95 bits per heavy atom. The molecule has 0 bridgehead atoms. The van der Waals surface area contributed by atoms with Gasteiger partial charge in [-0.2, -0.15) is 0 Å². The van der Waals surface area contributed by atoms with E-state index in [4.69, 9.17) is 4.74 Å². The summed E-state index contributed by atoms with van der Waals surface area (Å²) in [7, 11) is 0. The number of nitrogens with zero attached hydrogens (tertiary/aromatic N) is 1. The smallest absolute Gasteiger partial charge is 0.0750 e. The van der Waals surface area contributed by atoms with Crippen LogP contribution >= 0.6 is 0 Å². The highest BCUT2D eigenvalue weighted by atomic mass is 16.5. The average molecular weight is 290 g/mol. The molecule has 1 aliphatic heterocycles. The van der Waals surface area contributed by atoms with Gasteiger partial charge >= 0.3 is 0 Å². The highest BCUT2D eigenvalue weighted by Crippen LogP contribution is 2.22. The molecule has 1 aromatic rings. The maximum absolute atomic E-state index is 5.78. The summed E-state index contributed by atoms with van der Waals surface area (Å²) in [6, 6.07) is 8.96. The van der Waals surface area contributed by atoms with Crippen molar-refractivity contribution in [2.45, 2.75) is 58.7 Å². The highest BCUT2D eigenvalue weighted by Gasteiger charge is 2.20. The lowest BCUT2D eigenvalue weighted by Gasteiger charge is -2.34. The van der Waals surface area contributed by atoms with E-state index in [2.05, 4.69) is 62.2 Å². The van der Waals surface area contributed by atoms with E-state index < -0.39 is 0 Å². The van der Waals surface area contributed by atoms with Gasteiger partial charge in [0.2, 0.25) is 0 Å².